The van der Waals surface area contributed by atoms with Crippen LogP contribution in [0, 0.1) is 0 Å². The minimum atomic E-state index is 0.123. The maximum atomic E-state index is 11.0. The number of thiazole rings is 2. The third-order valence-electron chi connectivity index (χ3n) is 5.19. The van der Waals surface area contributed by atoms with E-state index in [1.807, 2.05) is 72.8 Å². The molecule has 4 aromatic carbocycles. The maximum absolute atomic E-state index is 11.0. The van der Waals surface area contributed by atoms with E-state index in [2.05, 4.69) is 9.97 Å². The van der Waals surface area contributed by atoms with E-state index in [1.165, 1.54) is 22.7 Å². The molecule has 0 unspecified atom stereocenters. The number of benzene rings is 4. The van der Waals surface area contributed by atoms with Crippen LogP contribution in [0.15, 0.2) is 72.8 Å². The molecular formula is C24H14N2O2S2. The van der Waals surface area contributed by atoms with Crippen LogP contribution in [0.3, 0.4) is 0 Å². The van der Waals surface area contributed by atoms with Crippen LogP contribution in [0.4, 0.5) is 0 Å². The average Bonchev–Trinajstić information content (AvgIpc) is 3.38. The Kier molecular flexibility index (Phi) is 3.78. The summed E-state index contributed by atoms with van der Waals surface area (Å²) in [6, 6.07) is 23.1. The number of phenolic OH excluding ortho intramolecular Hbond substituents is 2. The molecule has 0 saturated heterocycles. The van der Waals surface area contributed by atoms with Crippen molar-refractivity contribution >= 4 is 53.9 Å². The second-order valence-electron chi connectivity index (χ2n) is 6.99. The molecule has 6 aromatic rings. The highest BCUT2D eigenvalue weighted by Gasteiger charge is 2.18. The van der Waals surface area contributed by atoms with E-state index in [4.69, 9.17) is 0 Å². The van der Waals surface area contributed by atoms with Crippen molar-refractivity contribution in [2.75, 3.05) is 0 Å². The molecule has 0 amide bonds. The Morgan fingerprint density at radius 1 is 0.533 bits per heavy atom. The SMILES string of the molecule is Oc1c(-c2nc3ccccc3s2)ccc2c(O)c(-c3nc4ccccc4s3)ccc12. The van der Waals surface area contributed by atoms with Crippen LogP contribution in [0.25, 0.3) is 52.3 Å². The monoisotopic (exact) mass is 426 g/mol. The molecule has 0 radical (unpaired) electrons. The quantitative estimate of drug-likeness (QED) is 0.319. The van der Waals surface area contributed by atoms with Crippen molar-refractivity contribution in [3.63, 3.8) is 0 Å². The Morgan fingerprint density at radius 3 is 1.40 bits per heavy atom. The number of nitrogens with zero attached hydrogens (tertiary/aromatic N) is 2. The average molecular weight is 427 g/mol. The van der Waals surface area contributed by atoms with Gasteiger partial charge in [0.05, 0.1) is 31.6 Å². The fraction of sp³-hybridized carbons (Fsp3) is 0. The van der Waals surface area contributed by atoms with Gasteiger partial charge < -0.3 is 10.2 Å². The molecule has 2 heterocycles. The second-order valence-corrected chi connectivity index (χ2v) is 9.05. The summed E-state index contributed by atoms with van der Waals surface area (Å²) in [4.78, 5) is 9.30. The standard InChI is InChI=1S/C24H14N2O2S2/c27-21-13-10-12-16(24-26-18-6-2-4-8-20(18)30-24)22(28)14(13)9-11-15(21)23-25-17-5-1-3-7-19(17)29-23/h1-12,27-28H. The van der Waals surface area contributed by atoms with Crippen LogP contribution >= 0.6 is 22.7 Å². The fourth-order valence-electron chi connectivity index (χ4n) is 3.69. The van der Waals surface area contributed by atoms with Gasteiger partial charge in [0, 0.05) is 10.8 Å². The zero-order valence-corrected chi connectivity index (χ0v) is 17.2. The molecule has 6 rings (SSSR count). The van der Waals surface area contributed by atoms with E-state index in [9.17, 15) is 10.2 Å². The van der Waals surface area contributed by atoms with E-state index in [0.717, 1.165) is 30.4 Å². The lowest BCUT2D eigenvalue weighted by molar-refractivity contribution is 0.477. The van der Waals surface area contributed by atoms with Crippen molar-refractivity contribution in [2.24, 2.45) is 0 Å². The number of aromatic nitrogens is 2. The van der Waals surface area contributed by atoms with Gasteiger partial charge in [-0.15, -0.1) is 22.7 Å². The molecule has 4 nitrogen and oxygen atoms in total. The number of phenols is 2. The van der Waals surface area contributed by atoms with Crippen molar-refractivity contribution < 1.29 is 10.2 Å². The third-order valence-corrected chi connectivity index (χ3v) is 7.33. The van der Waals surface area contributed by atoms with Crippen LogP contribution < -0.4 is 0 Å². The summed E-state index contributed by atoms with van der Waals surface area (Å²) in [5, 5.41) is 24.6. The van der Waals surface area contributed by atoms with Crippen molar-refractivity contribution in [3.8, 4) is 32.6 Å². The van der Waals surface area contributed by atoms with Crippen molar-refractivity contribution in [1.29, 1.82) is 0 Å². The maximum Gasteiger partial charge on any atom is 0.133 e. The zero-order valence-electron chi connectivity index (χ0n) is 15.5. The highest BCUT2D eigenvalue weighted by Crippen LogP contribution is 2.45. The Hall–Kier alpha value is -3.48. The fourth-order valence-corrected chi connectivity index (χ4v) is 5.68. The number of fused-ring (bicyclic) bond motifs is 3. The third kappa shape index (κ3) is 2.58. The molecule has 0 fully saturated rings. The van der Waals surface area contributed by atoms with Crippen LogP contribution in [0.1, 0.15) is 0 Å². The minimum Gasteiger partial charge on any atom is -0.507 e. The van der Waals surface area contributed by atoms with Gasteiger partial charge in [0.1, 0.15) is 21.5 Å². The Bertz CT molecular complexity index is 1400. The van der Waals surface area contributed by atoms with Gasteiger partial charge in [-0.2, -0.15) is 0 Å². The lowest BCUT2D eigenvalue weighted by atomic mass is 10.0. The summed E-state index contributed by atoms with van der Waals surface area (Å²) >= 11 is 3.08. The van der Waals surface area contributed by atoms with Gasteiger partial charge in [0.15, 0.2) is 0 Å². The largest absolute Gasteiger partial charge is 0.507 e. The first-order valence-electron chi connectivity index (χ1n) is 9.38. The van der Waals surface area contributed by atoms with Gasteiger partial charge in [0.2, 0.25) is 0 Å². The lowest BCUT2D eigenvalue weighted by Gasteiger charge is -2.10. The minimum absolute atomic E-state index is 0.123. The van der Waals surface area contributed by atoms with Gasteiger partial charge in [-0.25, -0.2) is 9.97 Å². The number of para-hydroxylation sites is 2. The van der Waals surface area contributed by atoms with Gasteiger partial charge in [0.25, 0.3) is 0 Å². The molecule has 144 valence electrons. The van der Waals surface area contributed by atoms with Gasteiger partial charge in [-0.05, 0) is 48.5 Å². The molecule has 0 saturated carbocycles. The Balaban J connectivity index is 1.52. The first kappa shape index (κ1) is 17.4. The molecule has 6 heteroatoms. The summed E-state index contributed by atoms with van der Waals surface area (Å²) in [5.74, 6) is 0.246. The van der Waals surface area contributed by atoms with E-state index in [0.29, 0.717) is 21.9 Å². The van der Waals surface area contributed by atoms with Crippen LogP contribution in [0.5, 0.6) is 11.5 Å². The highest BCUT2D eigenvalue weighted by molar-refractivity contribution is 7.22. The lowest BCUT2D eigenvalue weighted by Crippen LogP contribution is -1.84. The molecule has 0 aliphatic heterocycles. The number of rotatable bonds is 2. The van der Waals surface area contributed by atoms with E-state index in [1.54, 1.807) is 0 Å². The summed E-state index contributed by atoms with van der Waals surface area (Å²) in [7, 11) is 0. The smallest absolute Gasteiger partial charge is 0.133 e. The molecule has 0 aliphatic carbocycles. The van der Waals surface area contributed by atoms with Crippen molar-refractivity contribution in [2.45, 2.75) is 0 Å². The summed E-state index contributed by atoms with van der Waals surface area (Å²) in [5.41, 5.74) is 3.14. The normalized spacial score (nSPS) is 11.6. The van der Waals surface area contributed by atoms with Gasteiger partial charge in [-0.3, -0.25) is 0 Å². The molecule has 0 spiro atoms. The summed E-state index contributed by atoms with van der Waals surface area (Å²) < 4.78 is 2.14. The molecule has 0 aliphatic rings. The van der Waals surface area contributed by atoms with Crippen LogP contribution in [-0.2, 0) is 0 Å². The predicted octanol–water partition coefficient (Wildman–Crippen LogP) is 6.80. The second kappa shape index (κ2) is 6.52. The molecular weight excluding hydrogens is 412 g/mol. The zero-order chi connectivity index (χ0) is 20.2. The first-order chi connectivity index (χ1) is 14.7. The van der Waals surface area contributed by atoms with E-state index in [-0.39, 0.29) is 11.5 Å². The summed E-state index contributed by atoms with van der Waals surface area (Å²) in [6.45, 7) is 0. The van der Waals surface area contributed by atoms with Crippen LogP contribution in [0.2, 0.25) is 0 Å². The van der Waals surface area contributed by atoms with E-state index < -0.39 is 0 Å². The first-order valence-corrected chi connectivity index (χ1v) is 11.0. The molecule has 2 aromatic heterocycles. The van der Waals surface area contributed by atoms with Crippen LogP contribution in [-0.4, -0.2) is 20.2 Å². The topological polar surface area (TPSA) is 66.2 Å². The molecule has 30 heavy (non-hydrogen) atoms. The van der Waals surface area contributed by atoms with Gasteiger partial charge in [-0.1, -0.05) is 24.3 Å². The van der Waals surface area contributed by atoms with Crippen molar-refractivity contribution in [1.82, 2.24) is 9.97 Å². The Labute approximate surface area is 179 Å². The van der Waals surface area contributed by atoms with Gasteiger partial charge >= 0.3 is 0 Å². The number of hydrogen-bond acceptors (Lipinski definition) is 6. The Morgan fingerprint density at radius 2 is 0.967 bits per heavy atom. The number of aromatic hydroxyl groups is 2. The molecule has 0 atom stereocenters. The van der Waals surface area contributed by atoms with E-state index >= 15 is 0 Å². The summed E-state index contributed by atoms with van der Waals surface area (Å²) in [6.07, 6.45) is 0. The molecule has 0 bridgehead atoms. The predicted molar refractivity (Wildman–Crippen MR) is 125 cm³/mol. The highest BCUT2D eigenvalue weighted by atomic mass is 32.1. The van der Waals surface area contributed by atoms with Crippen molar-refractivity contribution in [3.05, 3.63) is 72.8 Å². The molecule has 2 N–H and O–H groups in total. The number of hydrogen-bond donors (Lipinski definition) is 2.